The monoisotopic (exact) mass is 365 g/mol. The van der Waals surface area contributed by atoms with E-state index in [1.54, 1.807) is 25.3 Å². The second-order valence-corrected chi connectivity index (χ2v) is 5.55. The molecular weight excluding hydrogens is 350 g/mol. The number of nitrogens with two attached hydrogens (primary N) is 1. The first kappa shape index (κ1) is 16.3. The summed E-state index contributed by atoms with van der Waals surface area (Å²) in [5, 5.41) is 8.99. The summed E-state index contributed by atoms with van der Waals surface area (Å²) >= 11 is 3.36. The highest BCUT2D eigenvalue weighted by Gasteiger charge is 2.16. The average Bonchev–Trinajstić information content (AvgIpc) is 2.53. The number of carbonyl (C=O) groups is 1. The van der Waals surface area contributed by atoms with Gasteiger partial charge in [0.05, 0.1) is 7.11 Å². The van der Waals surface area contributed by atoms with E-state index in [0.29, 0.717) is 17.1 Å². The van der Waals surface area contributed by atoms with Gasteiger partial charge in [0.1, 0.15) is 24.1 Å². The van der Waals surface area contributed by atoms with Crippen molar-refractivity contribution in [2.75, 3.05) is 7.11 Å². The summed E-state index contributed by atoms with van der Waals surface area (Å²) in [5.41, 5.74) is 6.87. The van der Waals surface area contributed by atoms with Crippen molar-refractivity contribution in [1.29, 1.82) is 0 Å². The molecule has 1 atom stereocenters. The Balaban J connectivity index is 2.18. The van der Waals surface area contributed by atoms with Crippen molar-refractivity contribution in [2.24, 2.45) is 5.73 Å². The zero-order valence-corrected chi connectivity index (χ0v) is 13.5. The molecule has 0 radical (unpaired) electrons. The first-order valence-electron chi connectivity index (χ1n) is 6.55. The summed E-state index contributed by atoms with van der Waals surface area (Å²) in [6.07, 6.45) is 0. The Kier molecular flexibility index (Phi) is 5.41. The van der Waals surface area contributed by atoms with Crippen molar-refractivity contribution < 1.29 is 19.4 Å². The third-order valence-corrected chi connectivity index (χ3v) is 3.67. The van der Waals surface area contributed by atoms with Gasteiger partial charge in [0.25, 0.3) is 0 Å². The van der Waals surface area contributed by atoms with Crippen LogP contribution in [0.4, 0.5) is 0 Å². The van der Waals surface area contributed by atoms with Gasteiger partial charge in [-0.05, 0) is 42.0 Å². The summed E-state index contributed by atoms with van der Waals surface area (Å²) in [5.74, 6) is 0.251. The van der Waals surface area contributed by atoms with Crippen LogP contribution in [0, 0.1) is 0 Å². The molecule has 0 aliphatic rings. The summed E-state index contributed by atoms with van der Waals surface area (Å²) in [6, 6.07) is 11.4. The van der Waals surface area contributed by atoms with Crippen LogP contribution in [0.2, 0.25) is 0 Å². The molecule has 0 unspecified atom stereocenters. The molecule has 0 aromatic heterocycles. The number of halogens is 1. The Hall–Kier alpha value is -2.05. The highest BCUT2D eigenvalue weighted by Crippen LogP contribution is 2.25. The van der Waals surface area contributed by atoms with Gasteiger partial charge in [-0.15, -0.1) is 0 Å². The zero-order valence-electron chi connectivity index (χ0n) is 12.0. The van der Waals surface area contributed by atoms with Crippen molar-refractivity contribution in [3.05, 3.63) is 58.1 Å². The lowest BCUT2D eigenvalue weighted by atomic mass is 10.0. The van der Waals surface area contributed by atoms with Crippen molar-refractivity contribution in [3.8, 4) is 11.5 Å². The van der Waals surface area contributed by atoms with Crippen LogP contribution in [0.5, 0.6) is 11.5 Å². The van der Waals surface area contributed by atoms with Crippen molar-refractivity contribution in [1.82, 2.24) is 0 Å². The summed E-state index contributed by atoms with van der Waals surface area (Å²) in [6.45, 7) is 0.255. The van der Waals surface area contributed by atoms with Gasteiger partial charge >= 0.3 is 5.97 Å². The molecule has 22 heavy (non-hydrogen) atoms. The maximum Gasteiger partial charge on any atom is 0.325 e. The van der Waals surface area contributed by atoms with Crippen LogP contribution in [0.15, 0.2) is 46.9 Å². The first-order chi connectivity index (χ1) is 10.5. The lowest BCUT2D eigenvalue weighted by molar-refractivity contribution is -0.138. The van der Waals surface area contributed by atoms with E-state index in [9.17, 15) is 4.79 Å². The number of carboxylic acid groups (broad SMARTS) is 1. The minimum absolute atomic E-state index is 0.255. The van der Waals surface area contributed by atoms with E-state index in [2.05, 4.69) is 15.9 Å². The van der Waals surface area contributed by atoms with Gasteiger partial charge in [-0.1, -0.05) is 22.0 Å². The molecule has 0 saturated carbocycles. The number of benzene rings is 2. The molecule has 0 heterocycles. The van der Waals surface area contributed by atoms with Gasteiger partial charge in [-0.3, -0.25) is 4.79 Å². The zero-order chi connectivity index (χ0) is 16.1. The van der Waals surface area contributed by atoms with Gasteiger partial charge in [0.2, 0.25) is 0 Å². The van der Waals surface area contributed by atoms with E-state index in [1.807, 2.05) is 24.3 Å². The van der Waals surface area contributed by atoms with Gasteiger partial charge in [0.15, 0.2) is 0 Å². The third kappa shape index (κ3) is 3.99. The van der Waals surface area contributed by atoms with Crippen LogP contribution in [0.1, 0.15) is 17.2 Å². The Morgan fingerprint density at radius 1 is 1.27 bits per heavy atom. The molecule has 2 rings (SSSR count). The molecule has 0 aliphatic carbocycles. The lowest BCUT2D eigenvalue weighted by Crippen LogP contribution is -2.20. The number of ether oxygens (including phenoxy) is 2. The van der Waals surface area contributed by atoms with E-state index in [0.717, 1.165) is 10.0 Å². The van der Waals surface area contributed by atoms with Crippen LogP contribution in [-0.2, 0) is 11.4 Å². The fourth-order valence-electron chi connectivity index (χ4n) is 1.94. The molecule has 0 spiro atoms. The second-order valence-electron chi connectivity index (χ2n) is 4.63. The SMILES string of the molecule is COc1ccc([C@H](N)C(=O)O)cc1COc1ccc(Br)cc1. The normalized spacial score (nSPS) is 11.8. The van der Waals surface area contributed by atoms with Crippen LogP contribution in [0.3, 0.4) is 0 Å². The predicted octanol–water partition coefficient (Wildman–Crippen LogP) is 3.12. The summed E-state index contributed by atoms with van der Waals surface area (Å²) in [4.78, 5) is 11.0. The molecule has 3 N–H and O–H groups in total. The smallest absolute Gasteiger partial charge is 0.325 e. The number of rotatable bonds is 6. The topological polar surface area (TPSA) is 81.8 Å². The average molecular weight is 366 g/mol. The molecule has 0 saturated heterocycles. The molecule has 0 fully saturated rings. The second kappa shape index (κ2) is 7.29. The fourth-order valence-corrected chi connectivity index (χ4v) is 2.20. The van der Waals surface area contributed by atoms with E-state index in [-0.39, 0.29) is 6.61 Å². The summed E-state index contributed by atoms with van der Waals surface area (Å²) in [7, 11) is 1.55. The molecule has 0 bridgehead atoms. The Bertz CT molecular complexity index is 658. The number of carboxylic acids is 1. The van der Waals surface area contributed by atoms with Crippen molar-refractivity contribution >= 4 is 21.9 Å². The first-order valence-corrected chi connectivity index (χ1v) is 7.34. The van der Waals surface area contributed by atoms with Crippen LogP contribution >= 0.6 is 15.9 Å². The lowest BCUT2D eigenvalue weighted by Gasteiger charge is -2.14. The van der Waals surface area contributed by atoms with Crippen LogP contribution in [-0.4, -0.2) is 18.2 Å². The minimum atomic E-state index is -1.08. The Labute approximate surface area is 136 Å². The van der Waals surface area contributed by atoms with Crippen molar-refractivity contribution in [2.45, 2.75) is 12.6 Å². The van der Waals surface area contributed by atoms with Gasteiger partial charge < -0.3 is 20.3 Å². The summed E-state index contributed by atoms with van der Waals surface area (Å²) < 4.78 is 11.9. The van der Waals surface area contributed by atoms with Crippen LogP contribution in [0.25, 0.3) is 0 Å². The molecule has 2 aromatic rings. The molecule has 2 aromatic carbocycles. The number of hydrogen-bond donors (Lipinski definition) is 2. The number of hydrogen-bond acceptors (Lipinski definition) is 4. The standard InChI is InChI=1S/C16H16BrNO4/c1-21-14-7-2-10(15(18)16(19)20)8-11(14)9-22-13-5-3-12(17)4-6-13/h2-8,15H,9,18H2,1H3,(H,19,20)/t15-/m0/s1. The largest absolute Gasteiger partial charge is 0.496 e. The minimum Gasteiger partial charge on any atom is -0.496 e. The molecule has 116 valence electrons. The molecule has 0 aliphatic heterocycles. The van der Waals surface area contributed by atoms with Crippen molar-refractivity contribution in [3.63, 3.8) is 0 Å². The Morgan fingerprint density at radius 2 is 1.95 bits per heavy atom. The van der Waals surface area contributed by atoms with Gasteiger partial charge in [-0.2, -0.15) is 0 Å². The van der Waals surface area contributed by atoms with E-state index in [4.69, 9.17) is 20.3 Å². The predicted molar refractivity (Wildman–Crippen MR) is 86.0 cm³/mol. The molecule has 5 nitrogen and oxygen atoms in total. The molecule has 0 amide bonds. The van der Waals surface area contributed by atoms with Gasteiger partial charge in [-0.25, -0.2) is 0 Å². The quantitative estimate of drug-likeness (QED) is 0.821. The van der Waals surface area contributed by atoms with E-state index >= 15 is 0 Å². The van der Waals surface area contributed by atoms with E-state index < -0.39 is 12.0 Å². The molecular formula is C16H16BrNO4. The molecule has 6 heteroatoms. The number of methoxy groups -OCH3 is 1. The maximum absolute atomic E-state index is 11.0. The van der Waals surface area contributed by atoms with Gasteiger partial charge in [0, 0.05) is 10.0 Å². The maximum atomic E-state index is 11.0. The van der Waals surface area contributed by atoms with E-state index in [1.165, 1.54) is 0 Å². The van der Waals surface area contributed by atoms with Crippen LogP contribution < -0.4 is 15.2 Å². The highest BCUT2D eigenvalue weighted by atomic mass is 79.9. The third-order valence-electron chi connectivity index (χ3n) is 3.14. The highest BCUT2D eigenvalue weighted by molar-refractivity contribution is 9.10. The number of aliphatic carboxylic acids is 1. The fraction of sp³-hybridized carbons (Fsp3) is 0.188. The Morgan fingerprint density at radius 3 is 2.55 bits per heavy atom.